The molecule has 6 unspecified atom stereocenters. The molecule has 4 aliphatic rings. The molecule has 0 bridgehead atoms. The normalized spacial score (nSPS) is 48.8. The Bertz CT molecular complexity index is 547. The lowest BCUT2D eigenvalue weighted by Crippen LogP contribution is -2.50. The quantitative estimate of drug-likeness (QED) is 0.548. The van der Waals surface area contributed by atoms with Gasteiger partial charge in [0.15, 0.2) is 11.7 Å². The van der Waals surface area contributed by atoms with Gasteiger partial charge in [-0.2, -0.15) is 5.10 Å². The summed E-state index contributed by atoms with van der Waals surface area (Å²) in [5.41, 5.74) is 4.87. The van der Waals surface area contributed by atoms with Crippen LogP contribution in [0, 0.1) is 11.8 Å². The first-order chi connectivity index (χ1) is 9.59. The van der Waals surface area contributed by atoms with Crippen LogP contribution in [0.15, 0.2) is 15.1 Å². The summed E-state index contributed by atoms with van der Waals surface area (Å²) in [6, 6.07) is -0.0820. The number of hydrogen-bond acceptors (Lipinski definition) is 8. The van der Waals surface area contributed by atoms with Crippen LogP contribution in [0.3, 0.4) is 0 Å². The molecular weight excluding hydrogens is 262 g/mol. The van der Waals surface area contributed by atoms with E-state index in [1.54, 1.807) is 5.01 Å². The van der Waals surface area contributed by atoms with E-state index in [0.29, 0.717) is 18.2 Å². The predicted octanol–water partition coefficient (Wildman–Crippen LogP) is -1.86. The number of fused-ring (bicyclic) bond motifs is 2. The van der Waals surface area contributed by atoms with E-state index in [0.717, 1.165) is 0 Å². The number of nitrogens with two attached hydrogens (primary N) is 1. The Hall–Kier alpha value is -1.51. The minimum atomic E-state index is -0.915. The third-order valence-electron chi connectivity index (χ3n) is 4.97. The monoisotopic (exact) mass is 279 g/mol. The van der Waals surface area contributed by atoms with Crippen LogP contribution in [0.1, 0.15) is 6.92 Å². The van der Waals surface area contributed by atoms with Crippen molar-refractivity contribution in [2.75, 3.05) is 13.2 Å². The largest absolute Gasteiger partial charge is 0.396 e. The van der Waals surface area contributed by atoms with Crippen LogP contribution in [0.4, 0.5) is 0 Å². The van der Waals surface area contributed by atoms with Crippen LogP contribution in [0.2, 0.25) is 0 Å². The third kappa shape index (κ3) is 1.28. The second-order valence-corrected chi connectivity index (χ2v) is 5.81. The molecule has 0 amide bonds. The number of rotatable bonds is 2. The van der Waals surface area contributed by atoms with Gasteiger partial charge in [-0.25, -0.2) is 10.0 Å². The molecular formula is C12H17N5O3. The maximum Gasteiger partial charge on any atom is 0.188 e. The summed E-state index contributed by atoms with van der Waals surface area (Å²) in [7, 11) is 0. The Morgan fingerprint density at radius 3 is 3.05 bits per heavy atom. The van der Waals surface area contributed by atoms with Crippen LogP contribution in [0.5, 0.6) is 0 Å². The molecule has 2 fully saturated rings. The van der Waals surface area contributed by atoms with Crippen molar-refractivity contribution < 1.29 is 14.9 Å². The molecule has 0 aromatic carbocycles. The first-order valence-corrected chi connectivity index (χ1v) is 6.77. The van der Waals surface area contributed by atoms with Gasteiger partial charge < -0.3 is 20.7 Å². The average Bonchev–Trinajstić information content (AvgIpc) is 2.73. The number of ether oxygens (including phenoxy) is 1. The van der Waals surface area contributed by atoms with E-state index in [2.05, 4.69) is 15.1 Å². The lowest BCUT2D eigenvalue weighted by molar-refractivity contribution is -0.0185. The van der Waals surface area contributed by atoms with Crippen molar-refractivity contribution >= 4 is 18.0 Å². The van der Waals surface area contributed by atoms with Crippen molar-refractivity contribution in [3.8, 4) is 0 Å². The fourth-order valence-electron chi connectivity index (χ4n) is 3.72. The van der Waals surface area contributed by atoms with Crippen molar-refractivity contribution in [1.29, 1.82) is 0 Å². The molecule has 1 saturated heterocycles. The van der Waals surface area contributed by atoms with Gasteiger partial charge >= 0.3 is 0 Å². The third-order valence-corrected chi connectivity index (χ3v) is 4.97. The zero-order valence-electron chi connectivity index (χ0n) is 11.0. The smallest absolute Gasteiger partial charge is 0.188 e. The molecule has 8 nitrogen and oxygen atoms in total. The van der Waals surface area contributed by atoms with Gasteiger partial charge in [-0.05, 0) is 0 Å². The predicted molar refractivity (Wildman–Crippen MR) is 71.4 cm³/mol. The maximum atomic E-state index is 10.5. The fourth-order valence-corrected chi connectivity index (χ4v) is 3.72. The number of aliphatic hydroxyl groups excluding tert-OH is 1. The first-order valence-electron chi connectivity index (χ1n) is 6.77. The van der Waals surface area contributed by atoms with Crippen LogP contribution in [-0.4, -0.2) is 70.2 Å². The molecule has 1 saturated carbocycles. The van der Waals surface area contributed by atoms with Crippen LogP contribution in [-0.2, 0) is 4.74 Å². The van der Waals surface area contributed by atoms with Gasteiger partial charge in [0.05, 0.1) is 25.4 Å². The topological polar surface area (TPSA) is 116 Å². The number of hydrogen-bond donors (Lipinski definition) is 3. The molecule has 0 aromatic rings. The Morgan fingerprint density at radius 1 is 1.60 bits per heavy atom. The molecule has 6 atom stereocenters. The van der Waals surface area contributed by atoms with Crippen molar-refractivity contribution in [3.05, 3.63) is 0 Å². The molecule has 4 rings (SSSR count). The zero-order chi connectivity index (χ0) is 14.1. The second-order valence-electron chi connectivity index (χ2n) is 5.81. The van der Waals surface area contributed by atoms with Crippen LogP contribution < -0.4 is 5.73 Å². The van der Waals surface area contributed by atoms with Crippen molar-refractivity contribution in [3.63, 3.8) is 0 Å². The first kappa shape index (κ1) is 12.2. The Morgan fingerprint density at radius 2 is 2.40 bits per heavy atom. The highest BCUT2D eigenvalue weighted by Gasteiger charge is 2.75. The molecule has 20 heavy (non-hydrogen) atoms. The number of hydrazone groups is 1. The van der Waals surface area contributed by atoms with E-state index in [-0.39, 0.29) is 36.7 Å². The lowest BCUT2D eigenvalue weighted by atomic mass is 9.90. The van der Waals surface area contributed by atoms with Crippen LogP contribution >= 0.6 is 0 Å². The van der Waals surface area contributed by atoms with Gasteiger partial charge in [0.1, 0.15) is 18.0 Å². The van der Waals surface area contributed by atoms with E-state index in [9.17, 15) is 10.2 Å². The van der Waals surface area contributed by atoms with E-state index in [4.69, 9.17) is 10.5 Å². The molecule has 3 heterocycles. The standard InChI is InChI=1S/C12H17N5O3/c1-5-8(20-9-6(3-18)12(5,9)19)7-2-14-11-10(13)15-4-16-17(7)11/h4-9,18-19H,2-3H2,1H3,(H2,13,15,16). The Labute approximate surface area is 115 Å². The highest BCUT2D eigenvalue weighted by atomic mass is 16.5. The van der Waals surface area contributed by atoms with Crippen molar-refractivity contribution in [2.45, 2.75) is 30.8 Å². The van der Waals surface area contributed by atoms with Gasteiger partial charge in [0, 0.05) is 11.8 Å². The number of aliphatic hydroxyl groups is 2. The minimum absolute atomic E-state index is 0.0495. The summed E-state index contributed by atoms with van der Waals surface area (Å²) in [6.07, 6.45) is 0.937. The van der Waals surface area contributed by atoms with E-state index in [1.165, 1.54) is 6.34 Å². The van der Waals surface area contributed by atoms with Gasteiger partial charge in [0.25, 0.3) is 0 Å². The number of amidine groups is 2. The second kappa shape index (κ2) is 3.78. The van der Waals surface area contributed by atoms with Crippen molar-refractivity contribution in [1.82, 2.24) is 5.01 Å². The summed E-state index contributed by atoms with van der Waals surface area (Å²) in [5, 5.41) is 25.7. The Balaban J connectivity index is 1.55. The Kier molecular flexibility index (Phi) is 2.31. The average molecular weight is 279 g/mol. The highest BCUT2D eigenvalue weighted by molar-refractivity contribution is 6.41. The minimum Gasteiger partial charge on any atom is -0.396 e. The molecule has 4 N–H and O–H groups in total. The van der Waals surface area contributed by atoms with Gasteiger partial charge in [-0.3, -0.25) is 4.99 Å². The number of nitrogens with zero attached hydrogens (tertiary/aromatic N) is 4. The number of aliphatic imine (C=N–C) groups is 2. The van der Waals surface area contributed by atoms with Gasteiger partial charge in [-0.15, -0.1) is 0 Å². The van der Waals surface area contributed by atoms with Crippen LogP contribution in [0.25, 0.3) is 0 Å². The van der Waals surface area contributed by atoms with E-state index < -0.39 is 5.60 Å². The van der Waals surface area contributed by atoms with Crippen molar-refractivity contribution in [2.24, 2.45) is 32.7 Å². The van der Waals surface area contributed by atoms with Gasteiger partial charge in [-0.1, -0.05) is 6.92 Å². The van der Waals surface area contributed by atoms with E-state index >= 15 is 0 Å². The SMILES string of the molecule is CC1C(C2CN=C3C(N)=NC=NN32)OC2C(CO)C12O. The molecule has 108 valence electrons. The summed E-state index contributed by atoms with van der Waals surface area (Å²) in [6.45, 7) is 2.42. The van der Waals surface area contributed by atoms with E-state index in [1.807, 2.05) is 6.92 Å². The molecule has 0 radical (unpaired) electrons. The summed E-state index contributed by atoms with van der Waals surface area (Å²) in [4.78, 5) is 8.29. The zero-order valence-corrected chi connectivity index (χ0v) is 11.0. The molecule has 1 aliphatic carbocycles. The van der Waals surface area contributed by atoms with Gasteiger partial charge in [0.2, 0.25) is 0 Å². The molecule has 3 aliphatic heterocycles. The molecule has 8 heteroatoms. The summed E-state index contributed by atoms with van der Waals surface area (Å²) in [5.74, 6) is 0.663. The summed E-state index contributed by atoms with van der Waals surface area (Å²) >= 11 is 0. The summed E-state index contributed by atoms with van der Waals surface area (Å²) < 4.78 is 5.94. The highest BCUT2D eigenvalue weighted by Crippen LogP contribution is 2.59. The fraction of sp³-hybridized carbons (Fsp3) is 0.750. The molecule has 0 spiro atoms. The maximum absolute atomic E-state index is 10.5. The lowest BCUT2D eigenvalue weighted by Gasteiger charge is -2.32. The molecule has 0 aromatic heterocycles.